The summed E-state index contributed by atoms with van der Waals surface area (Å²) < 4.78 is 1.37. The van der Waals surface area contributed by atoms with E-state index in [0.717, 1.165) is 17.9 Å². The van der Waals surface area contributed by atoms with Crippen molar-refractivity contribution in [1.82, 2.24) is 9.74 Å². The van der Waals surface area contributed by atoms with Crippen molar-refractivity contribution in [2.45, 2.75) is 0 Å². The molecule has 0 amide bonds. The SMILES string of the molecule is N#CC1=CC=C2NCC=C2N1Cl. The van der Waals surface area contributed by atoms with E-state index in [4.69, 9.17) is 17.0 Å². The molecule has 3 nitrogen and oxygen atoms in total. The minimum atomic E-state index is 0.454. The highest BCUT2D eigenvalue weighted by Gasteiger charge is 2.22. The summed E-state index contributed by atoms with van der Waals surface area (Å²) in [4.78, 5) is 0. The lowest BCUT2D eigenvalue weighted by atomic mass is 10.2. The van der Waals surface area contributed by atoms with E-state index < -0.39 is 0 Å². The van der Waals surface area contributed by atoms with Crippen LogP contribution in [0.15, 0.2) is 35.3 Å². The molecule has 4 heteroatoms. The number of allylic oxidation sites excluding steroid dienone is 3. The number of rotatable bonds is 0. The van der Waals surface area contributed by atoms with Crippen LogP contribution in [0.1, 0.15) is 0 Å². The van der Waals surface area contributed by atoms with Gasteiger partial charge in [0, 0.05) is 18.3 Å². The Labute approximate surface area is 75.3 Å². The average molecular weight is 180 g/mol. The smallest absolute Gasteiger partial charge is 0.135 e. The van der Waals surface area contributed by atoms with Gasteiger partial charge in [0.05, 0.1) is 11.4 Å². The first-order valence-electron chi connectivity index (χ1n) is 3.55. The molecule has 2 rings (SSSR count). The van der Waals surface area contributed by atoms with Gasteiger partial charge in [-0.05, 0) is 18.2 Å². The lowest BCUT2D eigenvalue weighted by molar-refractivity contribution is 0.706. The van der Waals surface area contributed by atoms with E-state index in [2.05, 4.69) is 5.32 Å². The number of halogens is 1. The zero-order chi connectivity index (χ0) is 8.55. The van der Waals surface area contributed by atoms with Crippen molar-refractivity contribution in [2.24, 2.45) is 0 Å². The van der Waals surface area contributed by atoms with Crippen LogP contribution in [0.4, 0.5) is 0 Å². The van der Waals surface area contributed by atoms with Crippen LogP contribution in [0.25, 0.3) is 0 Å². The molecule has 0 aromatic heterocycles. The molecule has 2 aliphatic rings. The standard InChI is InChI=1S/C8H6ClN3/c9-12-6(5-10)1-2-7-8(12)3-4-11-7/h1-3,11H,4H2. The van der Waals surface area contributed by atoms with Crippen LogP contribution in [0.2, 0.25) is 0 Å². The van der Waals surface area contributed by atoms with Crippen LogP contribution in [-0.4, -0.2) is 11.0 Å². The number of nitrogens with zero attached hydrogens (tertiary/aromatic N) is 2. The van der Waals surface area contributed by atoms with Crippen LogP contribution in [0.3, 0.4) is 0 Å². The number of fused-ring (bicyclic) bond motifs is 1. The molecule has 0 saturated heterocycles. The van der Waals surface area contributed by atoms with Gasteiger partial charge in [-0.15, -0.1) is 0 Å². The maximum absolute atomic E-state index is 8.66. The average Bonchev–Trinajstić information content (AvgIpc) is 2.53. The third-order valence-electron chi connectivity index (χ3n) is 1.81. The summed E-state index contributed by atoms with van der Waals surface area (Å²) in [5.74, 6) is 0. The van der Waals surface area contributed by atoms with E-state index in [1.807, 2.05) is 18.2 Å². The fraction of sp³-hybridized carbons (Fsp3) is 0.125. The summed E-state index contributed by atoms with van der Waals surface area (Å²) in [6, 6.07) is 2.01. The van der Waals surface area contributed by atoms with E-state index >= 15 is 0 Å². The molecule has 0 spiro atoms. The molecule has 12 heavy (non-hydrogen) atoms. The molecule has 2 heterocycles. The molecule has 0 bridgehead atoms. The van der Waals surface area contributed by atoms with Gasteiger partial charge in [0.25, 0.3) is 0 Å². The van der Waals surface area contributed by atoms with Gasteiger partial charge in [-0.3, -0.25) is 0 Å². The summed E-state index contributed by atoms with van der Waals surface area (Å²) in [7, 11) is 0. The Bertz CT molecular complexity index is 346. The van der Waals surface area contributed by atoms with Gasteiger partial charge in [-0.25, -0.2) is 4.42 Å². The second-order valence-corrected chi connectivity index (χ2v) is 2.83. The summed E-state index contributed by atoms with van der Waals surface area (Å²) >= 11 is 5.88. The van der Waals surface area contributed by atoms with Crippen LogP contribution < -0.4 is 5.32 Å². The molecule has 2 aliphatic heterocycles. The van der Waals surface area contributed by atoms with Crippen molar-refractivity contribution in [3.05, 3.63) is 35.3 Å². The quantitative estimate of drug-likeness (QED) is 0.569. The van der Waals surface area contributed by atoms with Gasteiger partial charge in [0.2, 0.25) is 0 Å². The molecule has 0 aromatic carbocycles. The highest BCUT2D eigenvalue weighted by molar-refractivity contribution is 6.16. The maximum atomic E-state index is 8.66. The Morgan fingerprint density at radius 1 is 1.58 bits per heavy atom. The fourth-order valence-electron chi connectivity index (χ4n) is 1.23. The molecule has 0 atom stereocenters. The van der Waals surface area contributed by atoms with Crippen LogP contribution in [0, 0.1) is 11.3 Å². The number of nitriles is 1. The molecular formula is C8H6ClN3. The summed E-state index contributed by atoms with van der Waals surface area (Å²) in [5.41, 5.74) is 2.30. The third kappa shape index (κ3) is 0.892. The molecule has 60 valence electrons. The molecule has 0 saturated carbocycles. The third-order valence-corrected chi connectivity index (χ3v) is 2.17. The molecule has 0 fully saturated rings. The lowest BCUT2D eigenvalue weighted by Crippen LogP contribution is -2.17. The van der Waals surface area contributed by atoms with E-state index in [-0.39, 0.29) is 0 Å². The number of nitrogens with one attached hydrogen (secondary N) is 1. The summed E-state index contributed by atoms with van der Waals surface area (Å²) in [5, 5.41) is 11.8. The van der Waals surface area contributed by atoms with Gasteiger partial charge in [0.1, 0.15) is 11.8 Å². The van der Waals surface area contributed by atoms with Crippen molar-refractivity contribution in [3.8, 4) is 6.07 Å². The Hall–Kier alpha value is -1.40. The van der Waals surface area contributed by atoms with Crippen molar-refractivity contribution in [1.29, 1.82) is 5.26 Å². The van der Waals surface area contributed by atoms with E-state index in [9.17, 15) is 0 Å². The highest BCUT2D eigenvalue weighted by Crippen LogP contribution is 2.27. The number of hydrogen-bond donors (Lipinski definition) is 1. The topological polar surface area (TPSA) is 39.1 Å². The van der Waals surface area contributed by atoms with E-state index in [1.54, 1.807) is 6.08 Å². The van der Waals surface area contributed by atoms with E-state index in [1.165, 1.54) is 4.42 Å². The monoisotopic (exact) mass is 179 g/mol. The van der Waals surface area contributed by atoms with Gasteiger partial charge in [0.15, 0.2) is 0 Å². The fourth-order valence-corrected chi connectivity index (χ4v) is 1.48. The Morgan fingerprint density at radius 3 is 3.17 bits per heavy atom. The molecule has 0 aromatic rings. The first-order valence-corrected chi connectivity index (χ1v) is 3.89. The van der Waals surface area contributed by atoms with Crippen molar-refractivity contribution in [2.75, 3.05) is 6.54 Å². The lowest BCUT2D eigenvalue weighted by Gasteiger charge is -2.19. The largest absolute Gasteiger partial charge is 0.380 e. The van der Waals surface area contributed by atoms with Crippen molar-refractivity contribution >= 4 is 11.8 Å². The van der Waals surface area contributed by atoms with Crippen molar-refractivity contribution in [3.63, 3.8) is 0 Å². The first kappa shape index (κ1) is 7.26. The van der Waals surface area contributed by atoms with Gasteiger partial charge >= 0.3 is 0 Å². The minimum absolute atomic E-state index is 0.454. The van der Waals surface area contributed by atoms with Gasteiger partial charge in [-0.1, -0.05) is 0 Å². The molecule has 0 unspecified atom stereocenters. The van der Waals surface area contributed by atoms with Gasteiger partial charge < -0.3 is 5.32 Å². The predicted octanol–water partition coefficient (Wildman–Crippen LogP) is 1.23. The predicted molar refractivity (Wildman–Crippen MR) is 45.6 cm³/mol. The number of hydrogen-bond acceptors (Lipinski definition) is 3. The molecular weight excluding hydrogens is 174 g/mol. The first-order chi connectivity index (χ1) is 5.83. The maximum Gasteiger partial charge on any atom is 0.135 e. The molecule has 1 N–H and O–H groups in total. The second-order valence-electron chi connectivity index (χ2n) is 2.50. The van der Waals surface area contributed by atoms with Gasteiger partial charge in [-0.2, -0.15) is 5.26 Å². The highest BCUT2D eigenvalue weighted by atomic mass is 35.5. The molecule has 0 aliphatic carbocycles. The zero-order valence-corrected chi connectivity index (χ0v) is 6.97. The summed E-state index contributed by atoms with van der Waals surface area (Å²) in [6.45, 7) is 0.775. The van der Waals surface area contributed by atoms with Crippen LogP contribution >= 0.6 is 11.8 Å². The Kier molecular flexibility index (Phi) is 1.56. The zero-order valence-electron chi connectivity index (χ0n) is 6.21. The minimum Gasteiger partial charge on any atom is -0.380 e. The van der Waals surface area contributed by atoms with Crippen molar-refractivity contribution < 1.29 is 0 Å². The van der Waals surface area contributed by atoms with E-state index in [0.29, 0.717) is 5.70 Å². The molecule has 0 radical (unpaired) electrons. The normalized spacial score (nSPS) is 20.0. The van der Waals surface area contributed by atoms with Crippen LogP contribution in [-0.2, 0) is 0 Å². The Balaban J connectivity index is 2.43. The summed E-state index contributed by atoms with van der Waals surface area (Å²) in [6.07, 6.45) is 5.50. The van der Waals surface area contributed by atoms with Crippen LogP contribution in [0.5, 0.6) is 0 Å². The second kappa shape index (κ2) is 2.58. The Morgan fingerprint density at radius 2 is 2.42 bits per heavy atom.